The standard InChI is InChI=1S/C31H40N2O5/c1-22(2)20-33(29(36)25-10-7-6-8-11-25)27-14-15-31(38-24(4)35)21-32(5)17-16-30(31,19-27)26-12-9-13-28(18-26)37-23(3)34/h6-13,18,22,27H,14-17,19-21H2,1-5H3/t27-,30-,31-/m0/s1. The summed E-state index contributed by atoms with van der Waals surface area (Å²) >= 11 is 0. The molecule has 2 aromatic rings. The molecule has 2 aliphatic rings. The molecule has 2 fully saturated rings. The number of amides is 1. The van der Waals surface area contributed by atoms with Crippen LogP contribution in [0.3, 0.4) is 0 Å². The molecule has 1 aliphatic heterocycles. The molecule has 2 aromatic carbocycles. The first-order chi connectivity index (χ1) is 18.0. The monoisotopic (exact) mass is 520 g/mol. The van der Waals surface area contributed by atoms with Crippen LogP contribution in [0, 0.1) is 5.92 Å². The topological polar surface area (TPSA) is 76.2 Å². The summed E-state index contributed by atoms with van der Waals surface area (Å²) < 4.78 is 11.8. The van der Waals surface area contributed by atoms with Crippen molar-refractivity contribution < 1.29 is 23.9 Å². The van der Waals surface area contributed by atoms with E-state index in [0.717, 1.165) is 24.9 Å². The molecule has 1 aliphatic carbocycles. The lowest BCUT2D eigenvalue weighted by Gasteiger charge is -2.60. The number of carbonyl (C=O) groups excluding carboxylic acids is 3. The second-order valence-electron chi connectivity index (χ2n) is 11.4. The maximum absolute atomic E-state index is 13.8. The summed E-state index contributed by atoms with van der Waals surface area (Å²) in [5, 5.41) is 0. The van der Waals surface area contributed by atoms with Gasteiger partial charge in [0.05, 0.1) is 0 Å². The summed E-state index contributed by atoms with van der Waals surface area (Å²) in [6, 6.07) is 17.0. The third-order valence-corrected chi connectivity index (χ3v) is 8.05. The molecule has 0 radical (unpaired) electrons. The van der Waals surface area contributed by atoms with Crippen LogP contribution in [-0.4, -0.2) is 66.0 Å². The van der Waals surface area contributed by atoms with Gasteiger partial charge >= 0.3 is 11.9 Å². The molecule has 0 N–H and O–H groups in total. The molecule has 1 saturated heterocycles. The van der Waals surface area contributed by atoms with E-state index in [1.807, 2.05) is 53.4 Å². The van der Waals surface area contributed by atoms with Gasteiger partial charge in [0.15, 0.2) is 0 Å². The second-order valence-corrected chi connectivity index (χ2v) is 11.4. The predicted molar refractivity (Wildman–Crippen MR) is 146 cm³/mol. The van der Waals surface area contributed by atoms with Gasteiger partial charge in [-0.15, -0.1) is 0 Å². The van der Waals surface area contributed by atoms with Gasteiger partial charge in [-0.1, -0.05) is 44.2 Å². The van der Waals surface area contributed by atoms with E-state index >= 15 is 0 Å². The number of likely N-dealkylation sites (tertiary alicyclic amines) is 1. The van der Waals surface area contributed by atoms with Crippen molar-refractivity contribution in [3.63, 3.8) is 0 Å². The maximum Gasteiger partial charge on any atom is 0.308 e. The minimum Gasteiger partial charge on any atom is -0.457 e. The highest BCUT2D eigenvalue weighted by molar-refractivity contribution is 5.94. The highest BCUT2D eigenvalue weighted by atomic mass is 16.6. The first kappa shape index (κ1) is 27.8. The molecular formula is C31H40N2O5. The third kappa shape index (κ3) is 5.63. The molecule has 1 amide bonds. The fourth-order valence-corrected chi connectivity index (χ4v) is 6.59. The number of rotatable bonds is 7. The first-order valence-corrected chi connectivity index (χ1v) is 13.6. The van der Waals surface area contributed by atoms with Gasteiger partial charge < -0.3 is 19.3 Å². The quantitative estimate of drug-likeness (QED) is 0.384. The number of piperidine rings is 1. The van der Waals surface area contributed by atoms with Crippen LogP contribution in [-0.2, 0) is 19.7 Å². The van der Waals surface area contributed by atoms with Crippen molar-refractivity contribution in [2.24, 2.45) is 5.92 Å². The van der Waals surface area contributed by atoms with Crippen LogP contribution >= 0.6 is 0 Å². The number of fused-ring (bicyclic) bond motifs is 1. The summed E-state index contributed by atoms with van der Waals surface area (Å²) in [5.41, 5.74) is 0.360. The Morgan fingerprint density at radius 2 is 1.76 bits per heavy atom. The number of hydrogen-bond acceptors (Lipinski definition) is 6. The van der Waals surface area contributed by atoms with Crippen molar-refractivity contribution in [2.45, 2.75) is 70.4 Å². The Hall–Kier alpha value is -3.19. The zero-order chi connectivity index (χ0) is 27.5. The molecule has 1 saturated carbocycles. The van der Waals surface area contributed by atoms with Crippen molar-refractivity contribution in [3.8, 4) is 5.75 Å². The minimum atomic E-state index is -0.753. The molecule has 0 aromatic heterocycles. The van der Waals surface area contributed by atoms with Gasteiger partial charge in [0, 0.05) is 44.0 Å². The largest absolute Gasteiger partial charge is 0.457 e. The zero-order valence-corrected chi connectivity index (χ0v) is 23.2. The number of ether oxygens (including phenoxy) is 2. The third-order valence-electron chi connectivity index (χ3n) is 8.05. The Labute approximate surface area is 226 Å². The predicted octanol–water partition coefficient (Wildman–Crippen LogP) is 4.84. The Morgan fingerprint density at radius 3 is 2.42 bits per heavy atom. The number of likely N-dealkylation sites (N-methyl/N-ethyl adjacent to an activating group) is 1. The van der Waals surface area contributed by atoms with Crippen molar-refractivity contribution in [2.75, 3.05) is 26.7 Å². The highest BCUT2D eigenvalue weighted by Gasteiger charge is 2.61. The van der Waals surface area contributed by atoms with Crippen molar-refractivity contribution in [1.82, 2.24) is 9.80 Å². The fraction of sp³-hybridized carbons (Fsp3) is 0.516. The van der Waals surface area contributed by atoms with Crippen molar-refractivity contribution in [1.29, 1.82) is 0 Å². The lowest BCUT2D eigenvalue weighted by Crippen LogP contribution is -2.68. The number of esters is 2. The van der Waals surface area contributed by atoms with E-state index in [1.165, 1.54) is 13.8 Å². The Bertz CT molecular complexity index is 1170. The lowest BCUT2D eigenvalue weighted by molar-refractivity contribution is -0.187. The average molecular weight is 521 g/mol. The van der Waals surface area contributed by atoms with Gasteiger partial charge in [-0.2, -0.15) is 0 Å². The van der Waals surface area contributed by atoms with Gasteiger partial charge in [-0.05, 0) is 75.0 Å². The molecule has 204 valence electrons. The van der Waals surface area contributed by atoms with Crippen LogP contribution in [0.1, 0.15) is 69.3 Å². The summed E-state index contributed by atoms with van der Waals surface area (Å²) in [6.45, 7) is 9.19. The molecule has 3 atom stereocenters. The molecule has 7 heteroatoms. The van der Waals surface area contributed by atoms with E-state index in [9.17, 15) is 14.4 Å². The number of benzene rings is 2. The van der Waals surface area contributed by atoms with Gasteiger partial charge in [0.1, 0.15) is 11.4 Å². The summed E-state index contributed by atoms with van der Waals surface area (Å²) in [7, 11) is 2.06. The van der Waals surface area contributed by atoms with Crippen LogP contribution in [0.2, 0.25) is 0 Å². The molecule has 1 heterocycles. The van der Waals surface area contributed by atoms with E-state index in [-0.39, 0.29) is 23.9 Å². The van der Waals surface area contributed by atoms with Gasteiger partial charge in [0.2, 0.25) is 0 Å². The molecule has 38 heavy (non-hydrogen) atoms. The molecule has 7 nitrogen and oxygen atoms in total. The van der Waals surface area contributed by atoms with Gasteiger partial charge in [-0.25, -0.2) is 0 Å². The van der Waals surface area contributed by atoms with Crippen molar-refractivity contribution >= 4 is 17.8 Å². The SMILES string of the molecule is CC(=O)Oc1cccc([C@@]23CCN(C)C[C@@]2(OC(C)=O)CC[C@H](N(CC(C)C)C(=O)c2ccccc2)C3)c1. The maximum atomic E-state index is 13.8. The van der Waals surface area contributed by atoms with E-state index in [2.05, 4.69) is 25.8 Å². The van der Waals surface area contributed by atoms with Crippen LogP contribution < -0.4 is 4.74 Å². The highest BCUT2D eigenvalue weighted by Crippen LogP contribution is 2.54. The lowest BCUT2D eigenvalue weighted by atomic mass is 9.55. The van der Waals surface area contributed by atoms with Gasteiger partial charge in [-0.3, -0.25) is 14.4 Å². The zero-order valence-electron chi connectivity index (χ0n) is 23.2. The number of nitrogens with zero attached hydrogens (tertiary/aromatic N) is 2. The first-order valence-electron chi connectivity index (χ1n) is 13.6. The van der Waals surface area contributed by atoms with Gasteiger partial charge in [0.25, 0.3) is 5.91 Å². The summed E-state index contributed by atoms with van der Waals surface area (Å²) in [6.07, 6.45) is 2.78. The number of carbonyl (C=O) groups is 3. The second kappa shape index (κ2) is 11.3. The van der Waals surface area contributed by atoms with Crippen LogP contribution in [0.5, 0.6) is 5.75 Å². The van der Waals surface area contributed by atoms with E-state index in [0.29, 0.717) is 43.2 Å². The van der Waals surface area contributed by atoms with Crippen LogP contribution in [0.4, 0.5) is 0 Å². The Morgan fingerprint density at radius 1 is 1.03 bits per heavy atom. The molecule has 4 rings (SSSR count). The molecule has 0 bridgehead atoms. The Balaban J connectivity index is 1.81. The van der Waals surface area contributed by atoms with Crippen LogP contribution in [0.25, 0.3) is 0 Å². The average Bonchev–Trinajstić information content (AvgIpc) is 2.86. The fourth-order valence-electron chi connectivity index (χ4n) is 6.59. The van der Waals surface area contributed by atoms with Crippen molar-refractivity contribution in [3.05, 3.63) is 65.7 Å². The minimum absolute atomic E-state index is 0.0287. The normalized spacial score (nSPS) is 25.4. The molecule has 0 spiro atoms. The smallest absolute Gasteiger partial charge is 0.308 e. The van der Waals surface area contributed by atoms with E-state index in [1.54, 1.807) is 6.07 Å². The summed E-state index contributed by atoms with van der Waals surface area (Å²) in [5.74, 6) is 0.108. The number of hydrogen-bond donors (Lipinski definition) is 0. The summed E-state index contributed by atoms with van der Waals surface area (Å²) in [4.78, 5) is 42.4. The Kier molecular flexibility index (Phi) is 8.26. The van der Waals surface area contributed by atoms with Crippen LogP contribution in [0.15, 0.2) is 54.6 Å². The molecule has 0 unspecified atom stereocenters. The van der Waals surface area contributed by atoms with E-state index in [4.69, 9.17) is 9.47 Å². The molecular weight excluding hydrogens is 480 g/mol. The van der Waals surface area contributed by atoms with E-state index < -0.39 is 11.0 Å².